The van der Waals surface area contributed by atoms with Crippen molar-refractivity contribution in [2.45, 2.75) is 50.9 Å². The third-order valence-electron chi connectivity index (χ3n) is 6.22. The van der Waals surface area contributed by atoms with Crippen LogP contribution in [0.5, 0.6) is 0 Å². The van der Waals surface area contributed by atoms with Gasteiger partial charge in [0.1, 0.15) is 5.82 Å². The number of para-hydroxylation sites is 1. The molecule has 6 nitrogen and oxygen atoms in total. The molecule has 0 spiro atoms. The van der Waals surface area contributed by atoms with Crippen molar-refractivity contribution >= 4 is 16.8 Å². The molecule has 1 saturated carbocycles. The van der Waals surface area contributed by atoms with Crippen molar-refractivity contribution in [1.82, 2.24) is 25.1 Å². The van der Waals surface area contributed by atoms with Crippen LogP contribution in [0.1, 0.15) is 55.2 Å². The first-order valence-corrected chi connectivity index (χ1v) is 10.5. The van der Waals surface area contributed by atoms with E-state index < -0.39 is 0 Å². The number of rotatable bonds is 6. The highest BCUT2D eigenvalue weighted by molar-refractivity contribution is 5.84. The molecule has 2 N–H and O–H groups in total. The Bertz CT molecular complexity index is 962. The topological polar surface area (TPSA) is 77.7 Å². The van der Waals surface area contributed by atoms with Crippen molar-refractivity contribution in [2.75, 3.05) is 13.1 Å². The number of benzene rings is 1. The summed E-state index contributed by atoms with van der Waals surface area (Å²) in [6.07, 6.45) is 8.95. The third-order valence-corrected chi connectivity index (χ3v) is 6.22. The summed E-state index contributed by atoms with van der Waals surface area (Å²) in [6, 6.07) is 8.28. The monoisotopic (exact) mass is 377 g/mol. The number of aryl methyl sites for hydroxylation is 1. The molecule has 146 valence electrons. The van der Waals surface area contributed by atoms with Gasteiger partial charge in [0.15, 0.2) is 5.82 Å². The lowest BCUT2D eigenvalue weighted by Gasteiger charge is -2.31. The van der Waals surface area contributed by atoms with Crippen LogP contribution >= 0.6 is 0 Å². The Morgan fingerprint density at radius 3 is 2.79 bits per heavy atom. The van der Waals surface area contributed by atoms with Crippen molar-refractivity contribution in [3.05, 3.63) is 47.7 Å². The molecule has 1 aliphatic heterocycles. The number of hydrogen-bond acceptors (Lipinski definition) is 3. The number of nitrogens with one attached hydrogen (secondary N) is 2. The molecule has 1 aliphatic carbocycles. The van der Waals surface area contributed by atoms with Crippen LogP contribution in [0.25, 0.3) is 10.9 Å². The fourth-order valence-electron chi connectivity index (χ4n) is 4.32. The van der Waals surface area contributed by atoms with Gasteiger partial charge in [0, 0.05) is 48.9 Å². The molecule has 0 atom stereocenters. The molecule has 28 heavy (non-hydrogen) atoms. The summed E-state index contributed by atoms with van der Waals surface area (Å²) in [4.78, 5) is 22.7. The molecule has 6 heteroatoms. The second kappa shape index (κ2) is 7.41. The van der Waals surface area contributed by atoms with E-state index in [0.717, 1.165) is 55.9 Å². The normalized spacial score (nSPS) is 18.1. The number of hydrogen-bond donors (Lipinski definition) is 2. The highest BCUT2D eigenvalue weighted by Gasteiger charge is 2.29. The van der Waals surface area contributed by atoms with Gasteiger partial charge in [0.2, 0.25) is 5.91 Å². The van der Waals surface area contributed by atoms with Crippen molar-refractivity contribution in [3.63, 3.8) is 0 Å². The Kier molecular flexibility index (Phi) is 4.63. The van der Waals surface area contributed by atoms with E-state index in [1.165, 1.54) is 23.8 Å². The number of piperidine rings is 1. The predicted octanol–water partition coefficient (Wildman–Crippen LogP) is 3.58. The zero-order valence-corrected chi connectivity index (χ0v) is 16.2. The Hall–Kier alpha value is -2.63. The molecule has 2 aliphatic rings. The third kappa shape index (κ3) is 3.68. The average molecular weight is 377 g/mol. The van der Waals surface area contributed by atoms with E-state index >= 15 is 0 Å². The van der Waals surface area contributed by atoms with E-state index in [9.17, 15) is 4.79 Å². The molecule has 2 aromatic heterocycles. The smallest absolute Gasteiger partial charge is 0.222 e. The maximum atomic E-state index is 12.7. The number of aromatic nitrogens is 4. The van der Waals surface area contributed by atoms with Crippen molar-refractivity contribution in [1.29, 1.82) is 0 Å². The van der Waals surface area contributed by atoms with Crippen LogP contribution in [0.3, 0.4) is 0 Å². The van der Waals surface area contributed by atoms with Gasteiger partial charge in [-0.05, 0) is 49.7 Å². The number of nitrogens with zero attached hydrogens (tertiary/aromatic N) is 3. The molecule has 0 unspecified atom stereocenters. The standard InChI is InChI=1S/C22H27N5O/c28-21(8-7-17-14-23-19-4-2-1-3-18(17)19)27-11-9-15(10-12-27)13-20-24-22(26-25-20)16-5-6-16/h1-4,14-16,23H,5-13H2,(H,24,25,26). The van der Waals surface area contributed by atoms with Crippen molar-refractivity contribution < 1.29 is 4.79 Å². The first-order chi connectivity index (χ1) is 13.8. The second-order valence-electron chi connectivity index (χ2n) is 8.30. The molecular formula is C22H27N5O. The summed E-state index contributed by atoms with van der Waals surface area (Å²) >= 11 is 0. The Labute approximate surface area is 164 Å². The number of H-pyrrole nitrogens is 2. The largest absolute Gasteiger partial charge is 0.361 e. The first kappa shape index (κ1) is 17.5. The van der Waals surface area contributed by atoms with Gasteiger partial charge in [-0.25, -0.2) is 4.98 Å². The van der Waals surface area contributed by atoms with E-state index in [1.807, 2.05) is 17.2 Å². The van der Waals surface area contributed by atoms with Gasteiger partial charge >= 0.3 is 0 Å². The molecule has 2 fully saturated rings. The molecule has 1 amide bonds. The van der Waals surface area contributed by atoms with Crippen LogP contribution in [0.2, 0.25) is 0 Å². The number of carbonyl (C=O) groups is 1. The quantitative estimate of drug-likeness (QED) is 0.689. The molecule has 3 heterocycles. The maximum Gasteiger partial charge on any atom is 0.222 e. The number of carbonyl (C=O) groups excluding carboxylic acids is 1. The van der Waals surface area contributed by atoms with Gasteiger partial charge in [0.05, 0.1) is 0 Å². The van der Waals surface area contributed by atoms with E-state index in [-0.39, 0.29) is 5.91 Å². The van der Waals surface area contributed by atoms with Crippen LogP contribution in [0.4, 0.5) is 0 Å². The Morgan fingerprint density at radius 2 is 1.96 bits per heavy atom. The first-order valence-electron chi connectivity index (χ1n) is 10.5. The zero-order valence-electron chi connectivity index (χ0n) is 16.2. The minimum atomic E-state index is 0.277. The lowest BCUT2D eigenvalue weighted by Crippen LogP contribution is -2.39. The lowest BCUT2D eigenvalue weighted by atomic mass is 9.93. The van der Waals surface area contributed by atoms with Gasteiger partial charge in [-0.3, -0.25) is 9.89 Å². The second-order valence-corrected chi connectivity index (χ2v) is 8.30. The lowest BCUT2D eigenvalue weighted by molar-refractivity contribution is -0.132. The molecule has 1 saturated heterocycles. The van der Waals surface area contributed by atoms with E-state index in [4.69, 9.17) is 0 Å². The average Bonchev–Trinajstić information content (AvgIpc) is 3.34. The summed E-state index contributed by atoms with van der Waals surface area (Å²) in [6.45, 7) is 1.72. The summed E-state index contributed by atoms with van der Waals surface area (Å²) < 4.78 is 0. The molecule has 5 rings (SSSR count). The highest BCUT2D eigenvalue weighted by Crippen LogP contribution is 2.38. The summed E-state index contributed by atoms with van der Waals surface area (Å²) in [5.74, 6) is 3.49. The van der Waals surface area contributed by atoms with Crippen molar-refractivity contribution in [3.8, 4) is 0 Å². The molecule has 0 radical (unpaired) electrons. The molecule has 0 bridgehead atoms. The maximum absolute atomic E-state index is 12.7. The minimum Gasteiger partial charge on any atom is -0.361 e. The number of amides is 1. The van der Waals surface area contributed by atoms with Crippen molar-refractivity contribution in [2.24, 2.45) is 5.92 Å². The van der Waals surface area contributed by atoms with Crippen LogP contribution in [0, 0.1) is 5.92 Å². The molecular weight excluding hydrogens is 350 g/mol. The van der Waals surface area contributed by atoms with E-state index in [0.29, 0.717) is 18.3 Å². The fraction of sp³-hybridized carbons (Fsp3) is 0.500. The summed E-state index contributed by atoms with van der Waals surface area (Å²) in [5.41, 5.74) is 2.37. The molecule has 1 aromatic carbocycles. The predicted molar refractivity (Wildman–Crippen MR) is 108 cm³/mol. The number of likely N-dealkylation sites (tertiary alicyclic amines) is 1. The molecule has 3 aromatic rings. The minimum absolute atomic E-state index is 0.277. The van der Waals surface area contributed by atoms with Crippen LogP contribution in [0.15, 0.2) is 30.5 Å². The van der Waals surface area contributed by atoms with Gasteiger partial charge in [0.25, 0.3) is 0 Å². The van der Waals surface area contributed by atoms with Gasteiger partial charge in [-0.2, -0.15) is 5.10 Å². The zero-order chi connectivity index (χ0) is 18.9. The van der Waals surface area contributed by atoms with Crippen LogP contribution in [-0.2, 0) is 17.6 Å². The fourth-order valence-corrected chi connectivity index (χ4v) is 4.32. The number of fused-ring (bicyclic) bond motifs is 1. The van der Waals surface area contributed by atoms with Gasteiger partial charge < -0.3 is 9.88 Å². The number of aromatic amines is 2. The SMILES string of the molecule is O=C(CCc1c[nH]c2ccccc12)N1CCC(Cc2nc(C3CC3)n[nH]2)CC1. The summed E-state index contributed by atoms with van der Waals surface area (Å²) in [7, 11) is 0. The van der Waals surface area contributed by atoms with E-state index in [2.05, 4.69) is 38.4 Å². The van der Waals surface area contributed by atoms with Gasteiger partial charge in [-0.15, -0.1) is 0 Å². The van der Waals surface area contributed by atoms with E-state index in [1.54, 1.807) is 0 Å². The Morgan fingerprint density at radius 1 is 1.14 bits per heavy atom. The van der Waals surface area contributed by atoms with Gasteiger partial charge in [-0.1, -0.05) is 18.2 Å². The van der Waals surface area contributed by atoms with Crippen LogP contribution in [-0.4, -0.2) is 44.1 Å². The summed E-state index contributed by atoms with van der Waals surface area (Å²) in [5, 5.41) is 8.70. The van der Waals surface area contributed by atoms with Crippen LogP contribution < -0.4 is 0 Å². The Balaban J connectivity index is 1.10. The highest BCUT2D eigenvalue weighted by atomic mass is 16.2.